The van der Waals surface area contributed by atoms with E-state index in [0.717, 1.165) is 24.7 Å². The molecule has 0 aliphatic carbocycles. The highest BCUT2D eigenvalue weighted by atomic mass is 19.2. The van der Waals surface area contributed by atoms with Gasteiger partial charge in [-0.25, -0.2) is 8.78 Å². The summed E-state index contributed by atoms with van der Waals surface area (Å²) in [6.07, 6.45) is 0.966. The summed E-state index contributed by atoms with van der Waals surface area (Å²) in [5.41, 5.74) is 0.755. The summed E-state index contributed by atoms with van der Waals surface area (Å²) >= 11 is 0. The van der Waals surface area contributed by atoms with Crippen LogP contribution < -0.4 is 5.32 Å². The van der Waals surface area contributed by atoms with Crippen LogP contribution in [0.4, 0.5) is 8.78 Å². The average Bonchev–Trinajstić information content (AvgIpc) is 2.74. The fourth-order valence-corrected chi connectivity index (χ4v) is 1.90. The molecular weight excluding hydrogens is 212 g/mol. The Balaban J connectivity index is 2.02. The van der Waals surface area contributed by atoms with E-state index < -0.39 is 11.6 Å². The predicted molar refractivity (Wildman–Crippen MR) is 57.1 cm³/mol. The monoisotopic (exact) mass is 227 g/mol. The van der Waals surface area contributed by atoms with E-state index in [-0.39, 0.29) is 6.04 Å². The topological polar surface area (TPSA) is 21.3 Å². The van der Waals surface area contributed by atoms with E-state index in [1.54, 1.807) is 6.07 Å². The zero-order chi connectivity index (χ0) is 11.5. The number of benzene rings is 1. The van der Waals surface area contributed by atoms with Crippen LogP contribution in [0.1, 0.15) is 24.9 Å². The van der Waals surface area contributed by atoms with Gasteiger partial charge < -0.3 is 10.1 Å². The van der Waals surface area contributed by atoms with Crippen LogP contribution in [-0.4, -0.2) is 19.3 Å². The third-order valence-electron chi connectivity index (χ3n) is 2.86. The van der Waals surface area contributed by atoms with E-state index in [1.807, 2.05) is 6.92 Å². The van der Waals surface area contributed by atoms with Crippen LogP contribution in [0.3, 0.4) is 0 Å². The summed E-state index contributed by atoms with van der Waals surface area (Å²) in [7, 11) is 0. The molecule has 1 aliphatic heterocycles. The Morgan fingerprint density at radius 2 is 2.19 bits per heavy atom. The molecule has 2 unspecified atom stereocenters. The molecule has 0 spiro atoms. The second kappa shape index (κ2) is 4.89. The number of hydrogen-bond acceptors (Lipinski definition) is 2. The molecule has 0 radical (unpaired) electrons. The molecule has 1 aliphatic rings. The normalized spacial score (nSPS) is 22.3. The lowest BCUT2D eigenvalue weighted by atomic mass is 10.1. The fourth-order valence-electron chi connectivity index (χ4n) is 1.90. The molecule has 4 heteroatoms. The Hall–Kier alpha value is -1.00. The molecule has 16 heavy (non-hydrogen) atoms. The van der Waals surface area contributed by atoms with Crippen LogP contribution >= 0.6 is 0 Å². The molecule has 2 nitrogen and oxygen atoms in total. The number of rotatable bonds is 3. The highest BCUT2D eigenvalue weighted by Gasteiger charge is 2.18. The summed E-state index contributed by atoms with van der Waals surface area (Å²) < 4.78 is 31.0. The average molecular weight is 227 g/mol. The van der Waals surface area contributed by atoms with Crippen molar-refractivity contribution >= 4 is 0 Å². The van der Waals surface area contributed by atoms with E-state index in [9.17, 15) is 8.78 Å². The van der Waals surface area contributed by atoms with Gasteiger partial charge in [0.25, 0.3) is 0 Å². The minimum atomic E-state index is -0.805. The van der Waals surface area contributed by atoms with Crippen molar-refractivity contribution in [3.05, 3.63) is 35.4 Å². The maximum Gasteiger partial charge on any atom is 0.159 e. The molecular formula is C12H15F2NO. The van der Waals surface area contributed by atoms with Crippen LogP contribution in [-0.2, 0) is 4.74 Å². The Morgan fingerprint density at radius 3 is 2.81 bits per heavy atom. The van der Waals surface area contributed by atoms with Gasteiger partial charge in [0.05, 0.1) is 6.61 Å². The zero-order valence-electron chi connectivity index (χ0n) is 9.17. The third-order valence-corrected chi connectivity index (χ3v) is 2.86. The molecule has 0 amide bonds. The van der Waals surface area contributed by atoms with Gasteiger partial charge in [-0.15, -0.1) is 0 Å². The molecule has 2 atom stereocenters. The van der Waals surface area contributed by atoms with E-state index in [0.29, 0.717) is 12.6 Å². The summed E-state index contributed by atoms with van der Waals surface area (Å²) in [5, 5.41) is 3.33. The number of ether oxygens (including phenoxy) is 1. The van der Waals surface area contributed by atoms with Crippen molar-refractivity contribution in [1.29, 1.82) is 0 Å². The Morgan fingerprint density at radius 1 is 1.38 bits per heavy atom. The first-order valence-corrected chi connectivity index (χ1v) is 5.45. The molecule has 88 valence electrons. The third kappa shape index (κ3) is 2.57. The lowest BCUT2D eigenvalue weighted by molar-refractivity contribution is 0.188. The lowest BCUT2D eigenvalue weighted by Gasteiger charge is -2.18. The second-order valence-corrected chi connectivity index (χ2v) is 4.12. The first-order chi connectivity index (χ1) is 7.66. The van der Waals surface area contributed by atoms with Gasteiger partial charge in [0.1, 0.15) is 0 Å². The quantitative estimate of drug-likeness (QED) is 0.856. The molecule has 1 saturated heterocycles. The standard InChI is InChI=1S/C12H15F2NO/c1-8(15-10-4-5-16-7-10)9-2-3-11(13)12(14)6-9/h2-3,6,8,10,15H,4-5,7H2,1H3. The van der Waals surface area contributed by atoms with Crippen LogP contribution in [0, 0.1) is 11.6 Å². The fraction of sp³-hybridized carbons (Fsp3) is 0.500. The highest BCUT2D eigenvalue weighted by molar-refractivity contribution is 5.20. The lowest BCUT2D eigenvalue weighted by Crippen LogP contribution is -2.31. The van der Waals surface area contributed by atoms with Crippen molar-refractivity contribution < 1.29 is 13.5 Å². The zero-order valence-corrected chi connectivity index (χ0v) is 9.17. The summed E-state index contributed by atoms with van der Waals surface area (Å²) in [6.45, 7) is 3.39. The van der Waals surface area contributed by atoms with Crippen molar-refractivity contribution in [3.63, 3.8) is 0 Å². The van der Waals surface area contributed by atoms with Crippen LogP contribution in [0.15, 0.2) is 18.2 Å². The number of nitrogens with one attached hydrogen (secondary N) is 1. The first kappa shape index (κ1) is 11.5. The van der Waals surface area contributed by atoms with Gasteiger partial charge in [0.2, 0.25) is 0 Å². The van der Waals surface area contributed by atoms with Crippen molar-refractivity contribution in [3.8, 4) is 0 Å². The van der Waals surface area contributed by atoms with Gasteiger partial charge in [0.15, 0.2) is 11.6 Å². The molecule has 1 aromatic rings. The summed E-state index contributed by atoms with van der Waals surface area (Å²) in [4.78, 5) is 0. The van der Waals surface area contributed by atoms with Gasteiger partial charge >= 0.3 is 0 Å². The van der Waals surface area contributed by atoms with Gasteiger partial charge in [-0.2, -0.15) is 0 Å². The molecule has 0 bridgehead atoms. The van der Waals surface area contributed by atoms with E-state index >= 15 is 0 Å². The molecule has 0 aromatic heterocycles. The smallest absolute Gasteiger partial charge is 0.159 e. The van der Waals surface area contributed by atoms with E-state index in [2.05, 4.69) is 5.32 Å². The molecule has 2 rings (SSSR count). The van der Waals surface area contributed by atoms with Crippen molar-refractivity contribution in [2.75, 3.05) is 13.2 Å². The molecule has 1 fully saturated rings. The summed E-state index contributed by atoms with van der Waals surface area (Å²) in [6, 6.07) is 4.31. The van der Waals surface area contributed by atoms with Gasteiger partial charge in [0, 0.05) is 18.7 Å². The van der Waals surface area contributed by atoms with Crippen molar-refractivity contribution in [1.82, 2.24) is 5.32 Å². The SMILES string of the molecule is CC(NC1CCOC1)c1ccc(F)c(F)c1. The number of halogens is 2. The Kier molecular flexibility index (Phi) is 3.51. The van der Waals surface area contributed by atoms with Crippen LogP contribution in [0.5, 0.6) is 0 Å². The van der Waals surface area contributed by atoms with E-state index in [1.165, 1.54) is 6.07 Å². The molecule has 1 N–H and O–H groups in total. The van der Waals surface area contributed by atoms with Gasteiger partial charge in [-0.1, -0.05) is 6.07 Å². The van der Waals surface area contributed by atoms with Gasteiger partial charge in [-0.3, -0.25) is 0 Å². The van der Waals surface area contributed by atoms with Crippen molar-refractivity contribution in [2.45, 2.75) is 25.4 Å². The van der Waals surface area contributed by atoms with E-state index in [4.69, 9.17) is 4.74 Å². The molecule has 1 aromatic carbocycles. The maximum atomic E-state index is 13.0. The highest BCUT2D eigenvalue weighted by Crippen LogP contribution is 2.18. The minimum Gasteiger partial charge on any atom is -0.380 e. The maximum absolute atomic E-state index is 13.0. The minimum absolute atomic E-state index is 0.00167. The van der Waals surface area contributed by atoms with Gasteiger partial charge in [-0.05, 0) is 31.0 Å². The Bertz CT molecular complexity index is 364. The molecule has 1 heterocycles. The Labute approximate surface area is 93.6 Å². The first-order valence-electron chi connectivity index (χ1n) is 5.45. The van der Waals surface area contributed by atoms with Crippen LogP contribution in [0.2, 0.25) is 0 Å². The second-order valence-electron chi connectivity index (χ2n) is 4.12. The molecule has 0 saturated carbocycles. The predicted octanol–water partition coefficient (Wildman–Crippen LogP) is 2.40. The largest absolute Gasteiger partial charge is 0.380 e. The van der Waals surface area contributed by atoms with Crippen LogP contribution in [0.25, 0.3) is 0 Å². The number of hydrogen-bond donors (Lipinski definition) is 1. The van der Waals surface area contributed by atoms with Crippen molar-refractivity contribution in [2.24, 2.45) is 0 Å². The summed E-state index contributed by atoms with van der Waals surface area (Å²) in [5.74, 6) is -1.60.